The Bertz CT molecular complexity index is 2060. The molecule has 11 nitrogen and oxygen atoms in total. The number of nitrogens with one attached hydrogen (secondary N) is 1. The summed E-state index contributed by atoms with van der Waals surface area (Å²) < 4.78 is 48.7. The van der Waals surface area contributed by atoms with E-state index in [1.54, 1.807) is 30.2 Å². The van der Waals surface area contributed by atoms with Crippen LogP contribution < -0.4 is 20.1 Å². The van der Waals surface area contributed by atoms with Gasteiger partial charge >= 0.3 is 6.18 Å². The second kappa shape index (κ2) is 11.9. The maximum Gasteiger partial charge on any atom is 0.407 e. The molecule has 0 unspecified atom stereocenters. The highest BCUT2D eigenvalue weighted by Gasteiger charge is 2.54. The van der Waals surface area contributed by atoms with Gasteiger partial charge in [0.25, 0.3) is 11.5 Å². The summed E-state index contributed by atoms with van der Waals surface area (Å²) >= 11 is 5.72. The molecule has 0 spiro atoms. The van der Waals surface area contributed by atoms with Gasteiger partial charge in [0.2, 0.25) is 0 Å². The molecule has 1 amide bonds. The first-order chi connectivity index (χ1) is 22.7. The number of aromatic nitrogens is 4. The standard InChI is InChI=1S/C33H33F3N8O3S/c1-7-9-26-38-18(3)27-29(45)39-28(40-44(26)27)22-14-19(11-13-25(22)47-8-2)41-16-21(17-41)43-31(48)42(30(46)32(43,4)5)20-10-12-24(37-6)23(15-20)33(34,35)36/h10-15,21H,7-9,16-17H2,1-5H3,(H,39,40,45). The minimum absolute atomic E-state index is 0.0405. The summed E-state index contributed by atoms with van der Waals surface area (Å²) in [5.41, 5.74) is -0.752. The van der Waals surface area contributed by atoms with Crippen molar-refractivity contribution in [1.82, 2.24) is 24.5 Å². The van der Waals surface area contributed by atoms with Crippen molar-refractivity contribution in [3.05, 3.63) is 75.3 Å². The highest BCUT2D eigenvalue weighted by molar-refractivity contribution is 7.80. The molecule has 2 aliphatic rings. The monoisotopic (exact) mass is 678 g/mol. The molecule has 2 saturated heterocycles. The summed E-state index contributed by atoms with van der Waals surface area (Å²) in [6.07, 6.45) is -3.28. The summed E-state index contributed by atoms with van der Waals surface area (Å²) in [4.78, 5) is 42.2. The van der Waals surface area contributed by atoms with E-state index in [1.807, 2.05) is 32.0 Å². The number of thiocarbonyl (C=S) groups is 1. The van der Waals surface area contributed by atoms with Gasteiger partial charge in [0.1, 0.15) is 17.1 Å². The summed E-state index contributed by atoms with van der Waals surface area (Å²) in [5, 5.41) is 4.86. The van der Waals surface area contributed by atoms with Gasteiger partial charge in [-0.05, 0) is 76.7 Å². The number of fused-ring (bicyclic) bond motifs is 1. The summed E-state index contributed by atoms with van der Waals surface area (Å²) in [5.74, 6) is 1.11. The van der Waals surface area contributed by atoms with Gasteiger partial charge in [0.15, 0.2) is 22.1 Å². The minimum atomic E-state index is -4.77. The molecule has 0 saturated carbocycles. The average Bonchev–Trinajstić information content (AvgIpc) is 3.41. The largest absolute Gasteiger partial charge is 0.493 e. The van der Waals surface area contributed by atoms with Gasteiger partial charge in [0.05, 0.1) is 36.0 Å². The fourth-order valence-corrected chi connectivity index (χ4v) is 6.96. The first kappa shape index (κ1) is 33.0. The molecule has 0 bridgehead atoms. The van der Waals surface area contributed by atoms with Crippen LogP contribution in [-0.2, 0) is 17.4 Å². The van der Waals surface area contributed by atoms with Crippen molar-refractivity contribution in [3.63, 3.8) is 0 Å². The highest BCUT2D eigenvalue weighted by atomic mass is 32.1. The molecule has 0 atom stereocenters. The van der Waals surface area contributed by atoms with E-state index in [0.717, 1.165) is 29.1 Å². The minimum Gasteiger partial charge on any atom is -0.493 e. The van der Waals surface area contributed by atoms with Gasteiger partial charge in [0, 0.05) is 30.9 Å². The van der Waals surface area contributed by atoms with Crippen LogP contribution in [0.15, 0.2) is 41.2 Å². The number of alkyl halides is 3. The molecule has 2 fully saturated rings. The predicted molar refractivity (Wildman–Crippen MR) is 179 cm³/mol. The molecular formula is C33H33F3N8O3S. The van der Waals surface area contributed by atoms with Crippen LogP contribution in [0, 0.1) is 13.5 Å². The van der Waals surface area contributed by atoms with Crippen molar-refractivity contribution in [3.8, 4) is 17.1 Å². The molecule has 1 N–H and O–H groups in total. The number of H-pyrrole nitrogens is 1. The molecule has 2 aliphatic heterocycles. The fourth-order valence-electron chi connectivity index (χ4n) is 6.39. The van der Waals surface area contributed by atoms with E-state index in [9.17, 15) is 22.8 Å². The number of hydrogen-bond acceptors (Lipinski definition) is 7. The first-order valence-corrected chi connectivity index (χ1v) is 15.9. The molecule has 2 aromatic heterocycles. The van der Waals surface area contributed by atoms with Crippen molar-refractivity contribution in [2.75, 3.05) is 29.5 Å². The summed E-state index contributed by atoms with van der Waals surface area (Å²) in [6, 6.07) is 8.55. The lowest BCUT2D eigenvalue weighted by molar-refractivity contribution is -0.136. The lowest BCUT2D eigenvalue weighted by atomic mass is 9.97. The number of amides is 1. The van der Waals surface area contributed by atoms with Crippen molar-refractivity contribution in [1.29, 1.82) is 0 Å². The third-order valence-electron chi connectivity index (χ3n) is 8.72. The van der Waals surface area contributed by atoms with Crippen LogP contribution in [-0.4, -0.2) is 66.8 Å². The zero-order chi connectivity index (χ0) is 34.7. The number of aromatic amines is 1. The number of aryl methyl sites for hydroxylation is 2. The first-order valence-electron chi connectivity index (χ1n) is 15.5. The molecular weight excluding hydrogens is 645 g/mol. The number of carbonyl (C=O) groups excluding carboxylic acids is 1. The molecule has 48 heavy (non-hydrogen) atoms. The van der Waals surface area contributed by atoms with Gasteiger partial charge in [-0.2, -0.15) is 13.2 Å². The normalized spacial score (nSPS) is 16.5. The number of hydrogen-bond donors (Lipinski definition) is 1. The number of benzene rings is 2. The summed E-state index contributed by atoms with van der Waals surface area (Å²) in [7, 11) is 0. The van der Waals surface area contributed by atoms with E-state index in [2.05, 4.69) is 19.7 Å². The van der Waals surface area contributed by atoms with Gasteiger partial charge < -0.3 is 19.5 Å². The van der Waals surface area contributed by atoms with Crippen LogP contribution in [0.1, 0.15) is 51.2 Å². The molecule has 2 aromatic carbocycles. The number of nitrogens with zero attached hydrogens (tertiary/aromatic N) is 7. The second-order valence-electron chi connectivity index (χ2n) is 12.3. The smallest absolute Gasteiger partial charge is 0.407 e. The van der Waals surface area contributed by atoms with Crippen LogP contribution in [0.2, 0.25) is 0 Å². The number of anilines is 2. The Hall–Kier alpha value is -4.97. The molecule has 4 heterocycles. The second-order valence-corrected chi connectivity index (χ2v) is 12.6. The topological polar surface area (TPSA) is 103 Å². The Labute approximate surface area is 279 Å². The van der Waals surface area contributed by atoms with Crippen molar-refractivity contribution in [2.45, 2.75) is 65.2 Å². The Morgan fingerprint density at radius 2 is 1.83 bits per heavy atom. The molecule has 0 aliphatic carbocycles. The molecule has 4 aromatic rings. The number of imidazole rings is 1. The number of ether oxygens (including phenoxy) is 1. The van der Waals surface area contributed by atoms with Gasteiger partial charge in [-0.3, -0.25) is 14.5 Å². The molecule has 250 valence electrons. The number of rotatable bonds is 8. The Balaban J connectivity index is 1.29. The third kappa shape index (κ3) is 5.33. The van der Waals surface area contributed by atoms with Crippen LogP contribution in [0.5, 0.6) is 5.75 Å². The zero-order valence-electron chi connectivity index (χ0n) is 27.0. The Morgan fingerprint density at radius 3 is 2.48 bits per heavy atom. The van der Waals surface area contributed by atoms with Gasteiger partial charge in [-0.25, -0.2) is 14.3 Å². The van der Waals surface area contributed by atoms with Crippen LogP contribution >= 0.6 is 12.2 Å². The molecule has 15 heteroatoms. The Kier molecular flexibility index (Phi) is 8.19. The van der Waals surface area contributed by atoms with E-state index in [0.29, 0.717) is 60.3 Å². The quantitative estimate of drug-likeness (QED) is 0.181. The van der Waals surface area contributed by atoms with E-state index in [4.69, 9.17) is 28.6 Å². The van der Waals surface area contributed by atoms with Crippen molar-refractivity contribution >= 4 is 45.8 Å². The number of carbonyl (C=O) groups is 1. The van der Waals surface area contributed by atoms with Crippen LogP contribution in [0.4, 0.5) is 30.2 Å². The Morgan fingerprint density at radius 1 is 1.12 bits per heavy atom. The maximum absolute atomic E-state index is 13.7. The van der Waals surface area contributed by atoms with Crippen molar-refractivity contribution < 1.29 is 22.7 Å². The van der Waals surface area contributed by atoms with Gasteiger partial charge in [-0.15, -0.1) is 5.10 Å². The number of halogens is 3. The predicted octanol–water partition coefficient (Wildman–Crippen LogP) is 5.91. The van der Waals surface area contributed by atoms with Crippen LogP contribution in [0.3, 0.4) is 0 Å². The van der Waals surface area contributed by atoms with E-state index in [-0.39, 0.29) is 22.4 Å². The van der Waals surface area contributed by atoms with E-state index >= 15 is 0 Å². The van der Waals surface area contributed by atoms with E-state index < -0.39 is 28.9 Å². The summed E-state index contributed by atoms with van der Waals surface area (Å²) in [6.45, 7) is 17.5. The molecule has 6 rings (SSSR count). The third-order valence-corrected chi connectivity index (χ3v) is 9.10. The lowest BCUT2D eigenvalue weighted by Crippen LogP contribution is -2.64. The SMILES string of the molecule is [C-]#[N+]c1ccc(N2C(=O)C(C)(C)N(C3CN(c4ccc(OCC)c(-c5nn6c(CCC)nc(C)c6c(=O)[nH]5)c4)C3)C2=S)cc1C(F)(F)F. The lowest BCUT2D eigenvalue weighted by Gasteiger charge is -2.49. The average molecular weight is 679 g/mol. The van der Waals surface area contributed by atoms with Gasteiger partial charge in [-0.1, -0.05) is 13.0 Å². The fraction of sp³-hybridized carbons (Fsp3) is 0.394. The van der Waals surface area contributed by atoms with E-state index in [1.165, 1.54) is 6.07 Å². The molecule has 0 radical (unpaired) electrons. The van der Waals surface area contributed by atoms with Crippen molar-refractivity contribution in [2.24, 2.45) is 0 Å². The van der Waals surface area contributed by atoms with Crippen LogP contribution in [0.25, 0.3) is 21.7 Å². The zero-order valence-corrected chi connectivity index (χ0v) is 27.8. The highest BCUT2D eigenvalue weighted by Crippen LogP contribution is 2.42. The maximum atomic E-state index is 13.7.